The highest BCUT2D eigenvalue weighted by Crippen LogP contribution is 2.19. The lowest BCUT2D eigenvalue weighted by atomic mass is 10.0. The van der Waals surface area contributed by atoms with E-state index in [9.17, 15) is 4.79 Å². The van der Waals surface area contributed by atoms with Crippen molar-refractivity contribution in [2.75, 3.05) is 21.2 Å². The van der Waals surface area contributed by atoms with E-state index in [1.165, 1.54) is 7.11 Å². The minimum absolute atomic E-state index is 0.393. The van der Waals surface area contributed by atoms with Gasteiger partial charge in [-0.25, -0.2) is 4.79 Å². The first-order chi connectivity index (χ1) is 8.10. The van der Waals surface area contributed by atoms with Crippen LogP contribution in [0.3, 0.4) is 0 Å². The van der Waals surface area contributed by atoms with Crippen molar-refractivity contribution in [1.29, 1.82) is 5.26 Å². The molecular formula is C13H14N2O2. The van der Waals surface area contributed by atoms with E-state index in [0.717, 1.165) is 0 Å². The SMILES string of the molecule is COC(=O)c1ccccc1/C(C#N)=C\N(C)C. The zero-order valence-corrected chi connectivity index (χ0v) is 10.1. The summed E-state index contributed by atoms with van der Waals surface area (Å²) in [4.78, 5) is 13.3. The van der Waals surface area contributed by atoms with Crippen molar-refractivity contribution >= 4 is 11.5 Å². The molecule has 0 heterocycles. The molecule has 1 aromatic carbocycles. The Morgan fingerprint density at radius 2 is 1.94 bits per heavy atom. The van der Waals surface area contributed by atoms with Crippen LogP contribution >= 0.6 is 0 Å². The van der Waals surface area contributed by atoms with E-state index in [-0.39, 0.29) is 0 Å². The number of carbonyl (C=O) groups excluding carboxylic acids is 1. The number of ether oxygens (including phenoxy) is 1. The molecule has 0 amide bonds. The molecule has 0 aliphatic rings. The molecule has 0 bridgehead atoms. The van der Waals surface area contributed by atoms with E-state index in [2.05, 4.69) is 10.8 Å². The van der Waals surface area contributed by atoms with Gasteiger partial charge < -0.3 is 9.64 Å². The van der Waals surface area contributed by atoms with Crippen LogP contribution in [0.2, 0.25) is 0 Å². The van der Waals surface area contributed by atoms with Gasteiger partial charge in [0.05, 0.1) is 18.2 Å². The minimum Gasteiger partial charge on any atom is -0.465 e. The molecule has 0 N–H and O–H groups in total. The number of hydrogen-bond donors (Lipinski definition) is 0. The van der Waals surface area contributed by atoms with Gasteiger partial charge in [-0.15, -0.1) is 0 Å². The third-order valence-corrected chi connectivity index (χ3v) is 2.13. The van der Waals surface area contributed by atoms with Crippen LogP contribution in [0, 0.1) is 11.3 Å². The Morgan fingerprint density at radius 1 is 1.35 bits per heavy atom. The average Bonchev–Trinajstić information content (AvgIpc) is 2.34. The number of nitrogens with zero attached hydrogens (tertiary/aromatic N) is 2. The zero-order chi connectivity index (χ0) is 12.8. The van der Waals surface area contributed by atoms with Crippen molar-refractivity contribution in [3.63, 3.8) is 0 Å². The van der Waals surface area contributed by atoms with Crippen LogP contribution in [0.5, 0.6) is 0 Å². The van der Waals surface area contributed by atoms with Gasteiger partial charge in [0, 0.05) is 25.9 Å². The predicted octanol–water partition coefficient (Wildman–Crippen LogP) is 1.90. The van der Waals surface area contributed by atoms with E-state index in [1.54, 1.807) is 35.4 Å². The van der Waals surface area contributed by atoms with E-state index in [4.69, 9.17) is 5.26 Å². The van der Waals surface area contributed by atoms with Crippen molar-refractivity contribution in [3.8, 4) is 6.07 Å². The molecule has 0 fully saturated rings. The molecule has 0 aliphatic carbocycles. The van der Waals surface area contributed by atoms with Gasteiger partial charge in [-0.3, -0.25) is 0 Å². The van der Waals surface area contributed by atoms with Crippen LogP contribution < -0.4 is 0 Å². The van der Waals surface area contributed by atoms with Gasteiger partial charge in [0.2, 0.25) is 0 Å². The van der Waals surface area contributed by atoms with Crippen molar-refractivity contribution in [2.45, 2.75) is 0 Å². The maximum atomic E-state index is 11.6. The smallest absolute Gasteiger partial charge is 0.338 e. The van der Waals surface area contributed by atoms with Crippen molar-refractivity contribution in [2.24, 2.45) is 0 Å². The Morgan fingerprint density at radius 3 is 2.41 bits per heavy atom. The lowest BCUT2D eigenvalue weighted by molar-refractivity contribution is 0.0600. The van der Waals surface area contributed by atoms with Gasteiger partial charge in [-0.2, -0.15) is 5.26 Å². The molecule has 0 saturated carbocycles. The molecule has 17 heavy (non-hydrogen) atoms. The lowest BCUT2D eigenvalue weighted by Gasteiger charge is -2.09. The zero-order valence-electron chi connectivity index (χ0n) is 10.1. The summed E-state index contributed by atoms with van der Waals surface area (Å²) < 4.78 is 4.69. The molecule has 0 aromatic heterocycles. The number of carbonyl (C=O) groups is 1. The fourth-order valence-electron chi connectivity index (χ4n) is 1.42. The quantitative estimate of drug-likeness (QED) is 0.588. The summed E-state index contributed by atoms with van der Waals surface area (Å²) in [5.41, 5.74) is 1.40. The standard InChI is InChI=1S/C13H14N2O2/c1-15(2)9-10(8-14)11-6-4-5-7-12(11)13(16)17-3/h4-7,9H,1-3H3/b10-9-. The second-order valence-corrected chi connectivity index (χ2v) is 3.66. The van der Waals surface area contributed by atoms with Crippen LogP contribution in [0.1, 0.15) is 15.9 Å². The molecule has 1 aromatic rings. The van der Waals surface area contributed by atoms with Crippen molar-refractivity contribution in [1.82, 2.24) is 4.90 Å². The molecule has 88 valence electrons. The summed E-state index contributed by atoms with van der Waals surface area (Å²) >= 11 is 0. The Kier molecular flexibility index (Phi) is 4.29. The first kappa shape index (κ1) is 12.8. The number of hydrogen-bond acceptors (Lipinski definition) is 4. The maximum Gasteiger partial charge on any atom is 0.338 e. The van der Waals surface area contributed by atoms with E-state index >= 15 is 0 Å². The van der Waals surface area contributed by atoms with Crippen LogP contribution in [-0.2, 0) is 4.74 Å². The number of rotatable bonds is 3. The summed E-state index contributed by atoms with van der Waals surface area (Å²) in [5.74, 6) is -0.444. The Bertz CT molecular complexity index is 484. The normalized spacial score (nSPS) is 10.6. The highest BCUT2D eigenvalue weighted by molar-refractivity contribution is 5.97. The first-order valence-corrected chi connectivity index (χ1v) is 5.06. The second-order valence-electron chi connectivity index (χ2n) is 3.66. The van der Waals surface area contributed by atoms with Crippen LogP contribution in [0.25, 0.3) is 5.57 Å². The molecule has 1 rings (SSSR count). The number of allylic oxidation sites excluding steroid dienone is 1. The molecule has 0 unspecified atom stereocenters. The topological polar surface area (TPSA) is 53.3 Å². The molecular weight excluding hydrogens is 216 g/mol. The number of nitriles is 1. The van der Waals surface area contributed by atoms with Gasteiger partial charge in [0.25, 0.3) is 0 Å². The van der Waals surface area contributed by atoms with Crippen LogP contribution in [0.4, 0.5) is 0 Å². The highest BCUT2D eigenvalue weighted by atomic mass is 16.5. The summed E-state index contributed by atoms with van der Waals surface area (Å²) in [6.07, 6.45) is 1.67. The maximum absolute atomic E-state index is 11.6. The fourth-order valence-corrected chi connectivity index (χ4v) is 1.42. The van der Waals surface area contributed by atoms with E-state index in [1.807, 2.05) is 14.1 Å². The van der Waals surface area contributed by atoms with Gasteiger partial charge >= 0.3 is 5.97 Å². The fraction of sp³-hybridized carbons (Fsp3) is 0.231. The molecule has 0 saturated heterocycles. The van der Waals surface area contributed by atoms with E-state index < -0.39 is 5.97 Å². The molecule has 0 radical (unpaired) electrons. The van der Waals surface area contributed by atoms with Gasteiger partial charge in [0.15, 0.2) is 0 Å². The summed E-state index contributed by atoms with van der Waals surface area (Å²) in [6.45, 7) is 0. The summed E-state index contributed by atoms with van der Waals surface area (Å²) in [7, 11) is 4.96. The molecule has 4 heteroatoms. The Balaban J connectivity index is 3.31. The van der Waals surface area contributed by atoms with Crippen molar-refractivity contribution < 1.29 is 9.53 Å². The van der Waals surface area contributed by atoms with Crippen LogP contribution in [0.15, 0.2) is 30.5 Å². The van der Waals surface area contributed by atoms with Crippen LogP contribution in [-0.4, -0.2) is 32.1 Å². The average molecular weight is 230 g/mol. The highest BCUT2D eigenvalue weighted by Gasteiger charge is 2.14. The third-order valence-electron chi connectivity index (χ3n) is 2.13. The molecule has 0 spiro atoms. The van der Waals surface area contributed by atoms with Gasteiger partial charge in [0.1, 0.15) is 6.07 Å². The number of methoxy groups -OCH3 is 1. The molecule has 0 aliphatic heterocycles. The third kappa shape index (κ3) is 3.08. The Hall–Kier alpha value is -2.28. The molecule has 0 atom stereocenters. The monoisotopic (exact) mass is 230 g/mol. The van der Waals surface area contributed by atoms with Gasteiger partial charge in [-0.05, 0) is 6.07 Å². The number of benzene rings is 1. The van der Waals surface area contributed by atoms with Gasteiger partial charge in [-0.1, -0.05) is 18.2 Å². The number of esters is 1. The summed E-state index contributed by atoms with van der Waals surface area (Å²) in [6, 6.07) is 8.97. The van der Waals surface area contributed by atoms with Crippen molar-refractivity contribution in [3.05, 3.63) is 41.6 Å². The minimum atomic E-state index is -0.444. The second kappa shape index (κ2) is 5.71. The molecule has 4 nitrogen and oxygen atoms in total. The predicted molar refractivity (Wildman–Crippen MR) is 65.1 cm³/mol. The lowest BCUT2D eigenvalue weighted by Crippen LogP contribution is -2.07. The van der Waals surface area contributed by atoms with E-state index in [0.29, 0.717) is 16.7 Å². The summed E-state index contributed by atoms with van der Waals surface area (Å²) in [5, 5.41) is 9.11. The Labute approximate surface area is 101 Å². The first-order valence-electron chi connectivity index (χ1n) is 5.06. The largest absolute Gasteiger partial charge is 0.465 e.